The van der Waals surface area contributed by atoms with Crippen LogP contribution < -0.4 is 5.32 Å². The van der Waals surface area contributed by atoms with E-state index in [0.717, 1.165) is 51.4 Å². The zero-order valence-electron chi connectivity index (χ0n) is 27.6. The van der Waals surface area contributed by atoms with Gasteiger partial charge in [0.1, 0.15) is 6.10 Å². The van der Waals surface area contributed by atoms with Gasteiger partial charge in [-0.1, -0.05) is 71.3 Å². The Kier molecular flexibility index (Phi) is 15.1. The number of aliphatic hydroxyl groups excluding tert-OH is 2. The van der Waals surface area contributed by atoms with Gasteiger partial charge in [0, 0.05) is 45.4 Å². The average Bonchev–Trinajstić information content (AvgIpc) is 3.01. The van der Waals surface area contributed by atoms with Crippen LogP contribution in [0.1, 0.15) is 103 Å². The highest BCUT2D eigenvalue weighted by atomic mass is 16.3. The third-order valence-corrected chi connectivity index (χ3v) is 9.56. The molecule has 248 valence electrons. The van der Waals surface area contributed by atoms with Gasteiger partial charge in [0.05, 0.1) is 24.6 Å². The van der Waals surface area contributed by atoms with E-state index in [0.29, 0.717) is 36.9 Å². The molecule has 0 aromatic carbocycles. The summed E-state index contributed by atoms with van der Waals surface area (Å²) in [4.78, 5) is 47.9. The Morgan fingerprint density at radius 3 is 2.16 bits per heavy atom. The number of rotatable bonds is 16. The molecule has 2 fully saturated rings. The molecule has 9 nitrogen and oxygen atoms in total. The number of aliphatic hydroxyl groups is 2. The average molecular weight is 615 g/mol. The first-order valence-corrected chi connectivity index (χ1v) is 17.1. The summed E-state index contributed by atoms with van der Waals surface area (Å²) < 4.78 is 0. The minimum absolute atomic E-state index is 0.0852. The SMILES string of the molecule is CC(C)C[C@H](O)[C@H](O)[C@H](CC1CCCCC1)N(CC1CCCCC1)C(=O)[C@@H](CC(=O)NCC(=O)N(C)C)Cc1ccccn1. The molecule has 3 amide bonds. The van der Waals surface area contributed by atoms with Gasteiger partial charge in [0.25, 0.3) is 0 Å². The summed E-state index contributed by atoms with van der Waals surface area (Å²) in [5.41, 5.74) is 0.713. The van der Waals surface area contributed by atoms with E-state index in [1.165, 1.54) is 17.7 Å². The lowest BCUT2D eigenvalue weighted by molar-refractivity contribution is -0.147. The van der Waals surface area contributed by atoms with E-state index in [2.05, 4.69) is 10.3 Å². The summed E-state index contributed by atoms with van der Waals surface area (Å²) in [7, 11) is 3.27. The molecule has 1 aromatic heterocycles. The number of likely N-dealkylation sites (N-methyl/N-ethyl adjacent to an activating group) is 1. The molecule has 2 aliphatic carbocycles. The van der Waals surface area contributed by atoms with Gasteiger partial charge in [-0.15, -0.1) is 0 Å². The van der Waals surface area contributed by atoms with Crippen molar-refractivity contribution in [3.8, 4) is 0 Å². The van der Waals surface area contributed by atoms with Gasteiger partial charge in [0.2, 0.25) is 17.7 Å². The lowest BCUT2D eigenvalue weighted by atomic mass is 9.80. The van der Waals surface area contributed by atoms with Crippen LogP contribution in [-0.4, -0.2) is 88.2 Å². The predicted molar refractivity (Wildman–Crippen MR) is 172 cm³/mol. The monoisotopic (exact) mass is 614 g/mol. The van der Waals surface area contributed by atoms with Crippen molar-refractivity contribution in [3.05, 3.63) is 30.1 Å². The third-order valence-electron chi connectivity index (χ3n) is 9.56. The summed E-state index contributed by atoms with van der Waals surface area (Å²) >= 11 is 0. The number of carbonyl (C=O) groups is 3. The van der Waals surface area contributed by atoms with Crippen LogP contribution in [0.4, 0.5) is 0 Å². The van der Waals surface area contributed by atoms with Gasteiger partial charge in [0.15, 0.2) is 0 Å². The maximum atomic E-state index is 14.8. The molecular formula is C35H58N4O5. The summed E-state index contributed by atoms with van der Waals surface area (Å²) in [6.07, 6.45) is 12.1. The Morgan fingerprint density at radius 2 is 1.59 bits per heavy atom. The molecule has 44 heavy (non-hydrogen) atoms. The minimum atomic E-state index is -1.08. The Bertz CT molecular complexity index is 1010. The number of hydrogen-bond acceptors (Lipinski definition) is 6. The first-order valence-electron chi connectivity index (χ1n) is 17.1. The quantitative estimate of drug-likeness (QED) is 0.255. The van der Waals surface area contributed by atoms with E-state index < -0.39 is 24.2 Å². The molecule has 9 heteroatoms. The number of amides is 3. The fraction of sp³-hybridized carbons (Fsp3) is 0.771. The minimum Gasteiger partial charge on any atom is -0.390 e. The van der Waals surface area contributed by atoms with Crippen molar-refractivity contribution < 1.29 is 24.6 Å². The van der Waals surface area contributed by atoms with Crippen LogP contribution in [0.3, 0.4) is 0 Å². The highest BCUT2D eigenvalue weighted by molar-refractivity contribution is 5.88. The van der Waals surface area contributed by atoms with Gasteiger partial charge < -0.3 is 25.3 Å². The van der Waals surface area contributed by atoms with Crippen LogP contribution in [0.5, 0.6) is 0 Å². The Balaban J connectivity index is 1.96. The molecule has 0 saturated heterocycles. The second-order valence-corrected chi connectivity index (χ2v) is 14.0. The first kappa shape index (κ1) is 36.0. The van der Waals surface area contributed by atoms with E-state index in [4.69, 9.17) is 0 Å². The standard InChI is InChI=1S/C35H58N4O5/c1-25(2)19-31(40)34(43)30(20-26-13-7-5-8-14-26)39(24-27-15-9-6-10-16-27)35(44)28(21-29-17-11-12-18-36-29)22-32(41)37-23-33(42)38(3)4/h11-12,17-18,25-28,30-31,34,40,43H,5-10,13-16,19-24H2,1-4H3,(H,37,41)/t28-,30+,31+,34-/m1/s1. The zero-order valence-corrected chi connectivity index (χ0v) is 27.6. The van der Waals surface area contributed by atoms with Crippen LogP contribution in [0, 0.1) is 23.7 Å². The number of nitrogens with zero attached hydrogens (tertiary/aromatic N) is 3. The molecular weight excluding hydrogens is 556 g/mol. The second kappa shape index (κ2) is 18.4. The summed E-state index contributed by atoms with van der Waals surface area (Å²) in [5.74, 6) is -0.582. The number of carbonyl (C=O) groups excluding carboxylic acids is 3. The number of hydrogen-bond donors (Lipinski definition) is 3. The molecule has 3 N–H and O–H groups in total. The molecule has 3 rings (SSSR count). The predicted octanol–water partition coefficient (Wildman–Crippen LogP) is 4.35. The fourth-order valence-corrected chi connectivity index (χ4v) is 7.01. The van der Waals surface area contributed by atoms with E-state index in [-0.39, 0.29) is 43.0 Å². The Labute approximate surface area is 265 Å². The van der Waals surface area contributed by atoms with Crippen molar-refractivity contribution in [1.82, 2.24) is 20.1 Å². The van der Waals surface area contributed by atoms with Crippen molar-refractivity contribution in [2.45, 2.75) is 122 Å². The molecule has 0 aliphatic heterocycles. The molecule has 0 unspecified atom stereocenters. The summed E-state index contributed by atoms with van der Waals surface area (Å²) in [6, 6.07) is 5.02. The number of nitrogens with one attached hydrogen (secondary N) is 1. The molecule has 0 bridgehead atoms. The lowest BCUT2D eigenvalue weighted by Crippen LogP contribution is -2.55. The van der Waals surface area contributed by atoms with Gasteiger partial charge >= 0.3 is 0 Å². The van der Waals surface area contributed by atoms with Gasteiger partial charge in [-0.2, -0.15) is 0 Å². The molecule has 1 aromatic rings. The molecule has 0 spiro atoms. The Hall–Kier alpha value is -2.52. The van der Waals surface area contributed by atoms with Crippen LogP contribution >= 0.6 is 0 Å². The summed E-state index contributed by atoms with van der Waals surface area (Å²) in [5, 5.41) is 25.7. The van der Waals surface area contributed by atoms with Gasteiger partial charge in [-0.05, 0) is 55.6 Å². The number of aromatic nitrogens is 1. The molecule has 1 heterocycles. The van der Waals surface area contributed by atoms with Gasteiger partial charge in [-0.3, -0.25) is 19.4 Å². The smallest absolute Gasteiger partial charge is 0.241 e. The van der Waals surface area contributed by atoms with E-state index in [1.54, 1.807) is 20.3 Å². The lowest BCUT2D eigenvalue weighted by Gasteiger charge is -2.43. The largest absolute Gasteiger partial charge is 0.390 e. The van der Waals surface area contributed by atoms with E-state index >= 15 is 0 Å². The summed E-state index contributed by atoms with van der Waals surface area (Å²) in [6.45, 7) is 4.44. The highest BCUT2D eigenvalue weighted by Crippen LogP contribution is 2.34. The fourth-order valence-electron chi connectivity index (χ4n) is 7.01. The van der Waals surface area contributed by atoms with Crippen molar-refractivity contribution in [2.75, 3.05) is 27.2 Å². The third kappa shape index (κ3) is 11.8. The topological polar surface area (TPSA) is 123 Å². The first-order chi connectivity index (χ1) is 21.0. The Morgan fingerprint density at radius 1 is 0.955 bits per heavy atom. The van der Waals surface area contributed by atoms with Crippen LogP contribution in [0.15, 0.2) is 24.4 Å². The van der Waals surface area contributed by atoms with Crippen molar-refractivity contribution >= 4 is 17.7 Å². The highest BCUT2D eigenvalue weighted by Gasteiger charge is 2.40. The normalized spacial score (nSPS) is 19.2. The maximum absolute atomic E-state index is 14.8. The van der Waals surface area contributed by atoms with Crippen molar-refractivity contribution in [1.29, 1.82) is 0 Å². The molecule has 2 saturated carbocycles. The number of pyridine rings is 1. The van der Waals surface area contributed by atoms with E-state index in [9.17, 15) is 24.6 Å². The van der Waals surface area contributed by atoms with Crippen molar-refractivity contribution in [2.24, 2.45) is 23.7 Å². The van der Waals surface area contributed by atoms with E-state index in [1.807, 2.05) is 36.9 Å². The van der Waals surface area contributed by atoms with Crippen LogP contribution in [-0.2, 0) is 20.8 Å². The van der Waals surface area contributed by atoms with Crippen molar-refractivity contribution in [3.63, 3.8) is 0 Å². The zero-order chi connectivity index (χ0) is 32.1. The van der Waals surface area contributed by atoms with Gasteiger partial charge in [-0.25, -0.2) is 0 Å². The van der Waals surface area contributed by atoms with Crippen LogP contribution in [0.2, 0.25) is 0 Å². The second-order valence-electron chi connectivity index (χ2n) is 14.0. The van der Waals surface area contributed by atoms with Crippen LogP contribution in [0.25, 0.3) is 0 Å². The maximum Gasteiger partial charge on any atom is 0.241 e. The molecule has 0 radical (unpaired) electrons. The molecule has 4 atom stereocenters. The molecule has 2 aliphatic rings.